The Morgan fingerprint density at radius 3 is 2.33 bits per heavy atom. The third-order valence-corrected chi connectivity index (χ3v) is 4.58. The lowest BCUT2D eigenvalue weighted by Gasteiger charge is -2.20. The van der Waals surface area contributed by atoms with Gasteiger partial charge in [-0.2, -0.15) is 0 Å². The number of hydrogen-bond donors (Lipinski definition) is 1. The number of aryl methyl sites for hydroxylation is 1. The fourth-order valence-corrected chi connectivity index (χ4v) is 2.65. The minimum absolute atomic E-state index is 0.218. The Hall–Kier alpha value is -2.10. The van der Waals surface area contributed by atoms with Crippen LogP contribution >= 0.6 is 0 Å². The van der Waals surface area contributed by atoms with Crippen LogP contribution in [0.2, 0.25) is 0 Å². The van der Waals surface area contributed by atoms with Gasteiger partial charge in [0.1, 0.15) is 11.6 Å². The molecule has 1 aromatic carbocycles. The van der Waals surface area contributed by atoms with Crippen molar-refractivity contribution in [2.75, 3.05) is 5.32 Å². The summed E-state index contributed by atoms with van der Waals surface area (Å²) in [7, 11) is 0. The molecular formula is C20H27FN2O. The standard InChI is InChI=1S/C20H27FN2O/c1-7-16(8-2)23-18-11-12(3)22-20(15(18)6)24-19-10-9-17(21)13(4)14(19)5/h9-11,16H,7-8H2,1-6H3,(H,22,23). The van der Waals surface area contributed by atoms with E-state index in [0.29, 0.717) is 23.2 Å². The minimum atomic E-state index is -0.218. The van der Waals surface area contributed by atoms with Crippen LogP contribution in [0, 0.1) is 33.5 Å². The molecule has 3 nitrogen and oxygen atoms in total. The van der Waals surface area contributed by atoms with E-state index in [-0.39, 0.29) is 5.82 Å². The molecule has 130 valence electrons. The fraction of sp³-hybridized carbons (Fsp3) is 0.450. The first-order valence-corrected chi connectivity index (χ1v) is 8.55. The predicted molar refractivity (Wildman–Crippen MR) is 97.7 cm³/mol. The van der Waals surface area contributed by atoms with Crippen LogP contribution in [0.3, 0.4) is 0 Å². The summed E-state index contributed by atoms with van der Waals surface area (Å²) in [5.41, 5.74) is 4.30. The zero-order valence-electron chi connectivity index (χ0n) is 15.5. The lowest BCUT2D eigenvalue weighted by molar-refractivity contribution is 0.451. The van der Waals surface area contributed by atoms with Crippen LogP contribution in [-0.4, -0.2) is 11.0 Å². The van der Waals surface area contributed by atoms with Crippen molar-refractivity contribution >= 4 is 5.69 Å². The summed E-state index contributed by atoms with van der Waals surface area (Å²) in [5, 5.41) is 3.57. The minimum Gasteiger partial charge on any atom is -0.438 e. The van der Waals surface area contributed by atoms with Gasteiger partial charge in [0.15, 0.2) is 0 Å². The van der Waals surface area contributed by atoms with Crippen LogP contribution in [0.5, 0.6) is 11.6 Å². The van der Waals surface area contributed by atoms with Crippen molar-refractivity contribution in [2.24, 2.45) is 0 Å². The Morgan fingerprint density at radius 2 is 1.71 bits per heavy atom. The van der Waals surface area contributed by atoms with Crippen LogP contribution in [-0.2, 0) is 0 Å². The van der Waals surface area contributed by atoms with E-state index in [1.165, 1.54) is 6.07 Å². The summed E-state index contributed by atoms with van der Waals surface area (Å²) in [6, 6.07) is 5.57. The van der Waals surface area contributed by atoms with Gasteiger partial charge in [-0.3, -0.25) is 0 Å². The molecule has 1 aromatic heterocycles. The highest BCUT2D eigenvalue weighted by Gasteiger charge is 2.14. The van der Waals surface area contributed by atoms with E-state index in [0.717, 1.165) is 35.3 Å². The number of nitrogens with zero attached hydrogens (tertiary/aromatic N) is 1. The van der Waals surface area contributed by atoms with Gasteiger partial charge in [0.05, 0.1) is 0 Å². The molecular weight excluding hydrogens is 303 g/mol. The molecule has 24 heavy (non-hydrogen) atoms. The van der Waals surface area contributed by atoms with Crippen LogP contribution < -0.4 is 10.1 Å². The van der Waals surface area contributed by atoms with Gasteiger partial charge >= 0.3 is 0 Å². The number of anilines is 1. The third kappa shape index (κ3) is 3.86. The Bertz CT molecular complexity index is 724. The van der Waals surface area contributed by atoms with Crippen molar-refractivity contribution in [3.05, 3.63) is 46.4 Å². The lowest BCUT2D eigenvalue weighted by atomic mass is 10.1. The molecule has 0 spiro atoms. The second-order valence-electron chi connectivity index (χ2n) is 6.30. The van der Waals surface area contributed by atoms with Gasteiger partial charge in [-0.1, -0.05) is 13.8 Å². The highest BCUT2D eigenvalue weighted by molar-refractivity contribution is 5.57. The van der Waals surface area contributed by atoms with Gasteiger partial charge in [-0.15, -0.1) is 0 Å². The SMILES string of the molecule is CCC(CC)Nc1cc(C)nc(Oc2ccc(F)c(C)c2C)c1C. The Balaban J connectivity index is 2.38. The molecule has 0 aliphatic carbocycles. The van der Waals surface area contributed by atoms with Crippen molar-refractivity contribution in [3.63, 3.8) is 0 Å². The molecule has 0 atom stereocenters. The lowest BCUT2D eigenvalue weighted by Crippen LogP contribution is -2.18. The number of nitrogens with one attached hydrogen (secondary N) is 1. The van der Waals surface area contributed by atoms with Gasteiger partial charge in [-0.25, -0.2) is 9.37 Å². The average Bonchev–Trinajstić information content (AvgIpc) is 2.56. The number of benzene rings is 1. The maximum Gasteiger partial charge on any atom is 0.224 e. The number of rotatable bonds is 6. The summed E-state index contributed by atoms with van der Waals surface area (Å²) in [4.78, 5) is 4.52. The smallest absolute Gasteiger partial charge is 0.224 e. The molecule has 1 N–H and O–H groups in total. The van der Waals surface area contributed by atoms with Crippen LogP contribution in [0.4, 0.5) is 10.1 Å². The van der Waals surface area contributed by atoms with E-state index in [1.807, 2.05) is 26.8 Å². The van der Waals surface area contributed by atoms with Crippen molar-refractivity contribution in [2.45, 2.75) is 60.4 Å². The third-order valence-electron chi connectivity index (χ3n) is 4.58. The fourth-order valence-electron chi connectivity index (χ4n) is 2.65. The molecule has 2 rings (SSSR count). The quantitative estimate of drug-likeness (QED) is 0.721. The van der Waals surface area contributed by atoms with E-state index in [1.54, 1.807) is 13.0 Å². The normalized spacial score (nSPS) is 11.0. The molecule has 1 heterocycles. The van der Waals surface area contributed by atoms with Crippen molar-refractivity contribution in [1.29, 1.82) is 0 Å². The number of hydrogen-bond acceptors (Lipinski definition) is 3. The molecule has 0 fully saturated rings. The van der Waals surface area contributed by atoms with Crippen molar-refractivity contribution in [3.8, 4) is 11.6 Å². The van der Waals surface area contributed by atoms with Gasteiger partial charge < -0.3 is 10.1 Å². The maximum atomic E-state index is 13.6. The Labute approximate surface area is 144 Å². The highest BCUT2D eigenvalue weighted by Crippen LogP contribution is 2.32. The largest absolute Gasteiger partial charge is 0.438 e. The summed E-state index contributed by atoms with van der Waals surface area (Å²) < 4.78 is 19.7. The van der Waals surface area contributed by atoms with Crippen molar-refractivity contribution < 1.29 is 9.13 Å². The first-order chi connectivity index (χ1) is 11.4. The molecule has 0 saturated heterocycles. The number of halogens is 1. The second kappa shape index (κ2) is 7.65. The summed E-state index contributed by atoms with van der Waals surface area (Å²) in [6.45, 7) is 11.9. The second-order valence-corrected chi connectivity index (χ2v) is 6.30. The van der Waals surface area contributed by atoms with Gasteiger partial charge in [0.25, 0.3) is 0 Å². The first kappa shape index (κ1) is 18.2. The summed E-state index contributed by atoms with van der Waals surface area (Å²) in [6.07, 6.45) is 2.12. The zero-order chi connectivity index (χ0) is 17.9. The Morgan fingerprint density at radius 1 is 1.04 bits per heavy atom. The molecule has 0 amide bonds. The molecule has 0 bridgehead atoms. The molecule has 4 heteroatoms. The van der Waals surface area contributed by atoms with E-state index >= 15 is 0 Å². The Kier molecular flexibility index (Phi) is 5.81. The molecule has 0 unspecified atom stereocenters. The van der Waals surface area contributed by atoms with E-state index in [2.05, 4.69) is 24.1 Å². The monoisotopic (exact) mass is 330 g/mol. The number of aromatic nitrogens is 1. The summed E-state index contributed by atoms with van der Waals surface area (Å²) in [5.74, 6) is 0.992. The van der Waals surface area contributed by atoms with E-state index in [9.17, 15) is 4.39 Å². The summed E-state index contributed by atoms with van der Waals surface area (Å²) >= 11 is 0. The van der Waals surface area contributed by atoms with Crippen molar-refractivity contribution in [1.82, 2.24) is 4.98 Å². The number of pyridine rings is 1. The van der Waals surface area contributed by atoms with Crippen LogP contribution in [0.25, 0.3) is 0 Å². The maximum absolute atomic E-state index is 13.6. The number of ether oxygens (including phenoxy) is 1. The van der Waals surface area contributed by atoms with Gasteiger partial charge in [0.2, 0.25) is 5.88 Å². The average molecular weight is 330 g/mol. The highest BCUT2D eigenvalue weighted by atomic mass is 19.1. The zero-order valence-corrected chi connectivity index (χ0v) is 15.5. The van der Waals surface area contributed by atoms with Gasteiger partial charge in [0, 0.05) is 23.0 Å². The van der Waals surface area contributed by atoms with Crippen LogP contribution in [0.15, 0.2) is 18.2 Å². The predicted octanol–water partition coefficient (Wildman–Crippen LogP) is 5.85. The molecule has 0 aliphatic heterocycles. The van der Waals surface area contributed by atoms with Crippen LogP contribution in [0.1, 0.15) is 49.1 Å². The molecule has 0 aliphatic rings. The molecule has 0 radical (unpaired) electrons. The molecule has 0 saturated carbocycles. The van der Waals surface area contributed by atoms with E-state index in [4.69, 9.17) is 4.74 Å². The van der Waals surface area contributed by atoms with Gasteiger partial charge in [-0.05, 0) is 69.9 Å². The molecule has 2 aromatic rings. The topological polar surface area (TPSA) is 34.2 Å². The van der Waals surface area contributed by atoms with E-state index < -0.39 is 0 Å². The first-order valence-electron chi connectivity index (χ1n) is 8.55.